The molecule has 134 valence electrons. The summed E-state index contributed by atoms with van der Waals surface area (Å²) < 4.78 is 0. The molecule has 2 heterocycles. The maximum atomic E-state index is 12.3. The second-order valence-electron chi connectivity index (χ2n) is 6.56. The van der Waals surface area contributed by atoms with Crippen LogP contribution < -0.4 is 26.8 Å². The first-order valence-corrected chi connectivity index (χ1v) is 8.47. The second kappa shape index (κ2) is 7.20. The first-order chi connectivity index (χ1) is 12.0. The molecule has 1 aromatic carbocycles. The summed E-state index contributed by atoms with van der Waals surface area (Å²) in [5, 5.41) is 8.40. The summed E-state index contributed by atoms with van der Waals surface area (Å²) in [6.45, 7) is 3.97. The van der Waals surface area contributed by atoms with Crippen molar-refractivity contribution in [1.29, 1.82) is 0 Å². The molecule has 2 aliphatic rings. The van der Waals surface area contributed by atoms with Crippen molar-refractivity contribution in [3.8, 4) is 0 Å². The summed E-state index contributed by atoms with van der Waals surface area (Å²) in [6, 6.07) is 6.32. The Morgan fingerprint density at radius 1 is 1.12 bits per heavy atom. The normalized spacial score (nSPS) is 28.6. The second-order valence-corrected chi connectivity index (χ2v) is 6.56. The van der Waals surface area contributed by atoms with Crippen LogP contribution in [0.2, 0.25) is 0 Å². The molecule has 5 N–H and O–H groups in total. The highest BCUT2D eigenvalue weighted by Crippen LogP contribution is 2.19. The molecule has 1 aromatic rings. The van der Waals surface area contributed by atoms with E-state index in [4.69, 9.17) is 0 Å². The molecule has 8 heteroatoms. The summed E-state index contributed by atoms with van der Waals surface area (Å²) in [4.78, 5) is 36.8. The first-order valence-electron chi connectivity index (χ1n) is 8.47. The number of benzene rings is 1. The Morgan fingerprint density at radius 2 is 1.80 bits per heavy atom. The average molecular weight is 345 g/mol. The predicted octanol–water partition coefficient (Wildman–Crippen LogP) is -0.113. The lowest BCUT2D eigenvalue weighted by molar-refractivity contribution is -0.122. The molecule has 1 saturated heterocycles. The van der Waals surface area contributed by atoms with Gasteiger partial charge in [-0.1, -0.05) is 12.1 Å². The number of amides is 3. The number of hydrazine groups is 1. The molecule has 1 fully saturated rings. The number of hydrogen-bond acceptors (Lipinski definition) is 5. The Bertz CT molecular complexity index is 683. The zero-order chi connectivity index (χ0) is 18.0. The monoisotopic (exact) mass is 345 g/mol. The van der Waals surface area contributed by atoms with E-state index in [1.165, 1.54) is 0 Å². The van der Waals surface area contributed by atoms with Crippen LogP contribution in [0.1, 0.15) is 37.0 Å². The van der Waals surface area contributed by atoms with E-state index in [2.05, 4.69) is 26.8 Å². The standard InChI is InChI=1S/C17H23N5O3/c1-9-15(10(2)22-21-9)20-14(23)8-7-13-17(25)18-12-6-4-3-5-11(12)16(24)19-13/h3-6,9-10,13,15,21-22H,7-8H2,1-2H3,(H,18,25)(H,19,24)(H,20,23)/t9?,10?,13-,15?/m0/s1. The molecule has 3 atom stereocenters. The zero-order valence-corrected chi connectivity index (χ0v) is 14.3. The van der Waals surface area contributed by atoms with Crippen LogP contribution in [-0.2, 0) is 9.59 Å². The molecule has 0 bridgehead atoms. The molecule has 0 radical (unpaired) electrons. The van der Waals surface area contributed by atoms with Crippen molar-refractivity contribution >= 4 is 23.4 Å². The highest BCUT2D eigenvalue weighted by Gasteiger charge is 2.32. The number of fused-ring (bicyclic) bond motifs is 1. The SMILES string of the molecule is CC1NNC(C)C1NC(=O)CC[C@@H]1NC(=O)c2ccccc2NC1=O. The number of rotatable bonds is 4. The Kier molecular flexibility index (Phi) is 5.00. The Hall–Kier alpha value is -2.45. The Balaban J connectivity index is 1.57. The minimum Gasteiger partial charge on any atom is -0.350 e. The minimum atomic E-state index is -0.736. The highest BCUT2D eigenvalue weighted by molar-refractivity contribution is 6.09. The van der Waals surface area contributed by atoms with Gasteiger partial charge in [-0.2, -0.15) is 0 Å². The lowest BCUT2D eigenvalue weighted by Gasteiger charge is -2.20. The Labute approximate surface area is 146 Å². The van der Waals surface area contributed by atoms with Crippen LogP contribution in [0.25, 0.3) is 0 Å². The van der Waals surface area contributed by atoms with Crippen LogP contribution in [0.5, 0.6) is 0 Å². The van der Waals surface area contributed by atoms with Gasteiger partial charge in [0.2, 0.25) is 11.8 Å². The van der Waals surface area contributed by atoms with E-state index in [0.717, 1.165) is 0 Å². The summed E-state index contributed by atoms with van der Waals surface area (Å²) in [6.07, 6.45) is 0.401. The fourth-order valence-electron chi connectivity index (χ4n) is 3.17. The van der Waals surface area contributed by atoms with Gasteiger partial charge in [0.05, 0.1) is 17.3 Å². The molecule has 0 aromatic heterocycles. The van der Waals surface area contributed by atoms with Gasteiger partial charge in [-0.05, 0) is 32.4 Å². The molecule has 25 heavy (non-hydrogen) atoms. The van der Waals surface area contributed by atoms with Gasteiger partial charge >= 0.3 is 0 Å². The molecule has 2 aliphatic heterocycles. The van der Waals surface area contributed by atoms with E-state index in [1.54, 1.807) is 24.3 Å². The summed E-state index contributed by atoms with van der Waals surface area (Å²) in [7, 11) is 0. The number of nitrogens with one attached hydrogen (secondary N) is 5. The number of carbonyl (C=O) groups is 3. The van der Waals surface area contributed by atoms with Gasteiger partial charge in [-0.25, -0.2) is 0 Å². The third-order valence-electron chi connectivity index (χ3n) is 4.66. The van der Waals surface area contributed by atoms with E-state index >= 15 is 0 Å². The fraction of sp³-hybridized carbons (Fsp3) is 0.471. The van der Waals surface area contributed by atoms with Gasteiger partial charge in [0.25, 0.3) is 5.91 Å². The lowest BCUT2D eigenvalue weighted by atomic mass is 10.0. The van der Waals surface area contributed by atoms with E-state index in [9.17, 15) is 14.4 Å². The smallest absolute Gasteiger partial charge is 0.254 e. The molecule has 3 amide bonds. The minimum absolute atomic E-state index is 0.0192. The zero-order valence-electron chi connectivity index (χ0n) is 14.3. The van der Waals surface area contributed by atoms with Crippen molar-refractivity contribution in [1.82, 2.24) is 21.5 Å². The highest BCUT2D eigenvalue weighted by atomic mass is 16.2. The first kappa shape index (κ1) is 17.4. The third kappa shape index (κ3) is 3.80. The van der Waals surface area contributed by atoms with Crippen molar-refractivity contribution in [2.75, 3.05) is 5.32 Å². The molecule has 3 rings (SSSR count). The van der Waals surface area contributed by atoms with Crippen molar-refractivity contribution in [3.63, 3.8) is 0 Å². The van der Waals surface area contributed by atoms with Crippen molar-refractivity contribution in [3.05, 3.63) is 29.8 Å². The topological polar surface area (TPSA) is 111 Å². The summed E-state index contributed by atoms with van der Waals surface area (Å²) >= 11 is 0. The number of anilines is 1. The van der Waals surface area contributed by atoms with Crippen LogP contribution in [0.3, 0.4) is 0 Å². The predicted molar refractivity (Wildman–Crippen MR) is 92.7 cm³/mol. The quantitative estimate of drug-likeness (QED) is 0.523. The average Bonchev–Trinajstić information content (AvgIpc) is 2.83. The molecule has 0 saturated carbocycles. The lowest BCUT2D eigenvalue weighted by Crippen LogP contribution is -2.47. The number of hydrogen-bond donors (Lipinski definition) is 5. The molecular formula is C17H23N5O3. The van der Waals surface area contributed by atoms with Gasteiger partial charge < -0.3 is 16.0 Å². The molecule has 0 spiro atoms. The number of para-hydroxylation sites is 1. The fourth-order valence-corrected chi connectivity index (χ4v) is 3.17. The largest absolute Gasteiger partial charge is 0.350 e. The van der Waals surface area contributed by atoms with E-state index < -0.39 is 6.04 Å². The van der Waals surface area contributed by atoms with Gasteiger partial charge in [-0.15, -0.1) is 0 Å². The maximum absolute atomic E-state index is 12.3. The van der Waals surface area contributed by atoms with Crippen molar-refractivity contribution in [2.24, 2.45) is 0 Å². The van der Waals surface area contributed by atoms with Gasteiger partial charge in [0, 0.05) is 18.5 Å². The Morgan fingerprint density at radius 3 is 2.52 bits per heavy atom. The van der Waals surface area contributed by atoms with E-state index in [0.29, 0.717) is 11.3 Å². The maximum Gasteiger partial charge on any atom is 0.254 e. The van der Waals surface area contributed by atoms with Crippen molar-refractivity contribution < 1.29 is 14.4 Å². The molecular weight excluding hydrogens is 322 g/mol. The van der Waals surface area contributed by atoms with Crippen LogP contribution in [0.15, 0.2) is 24.3 Å². The van der Waals surface area contributed by atoms with Crippen molar-refractivity contribution in [2.45, 2.75) is 50.9 Å². The van der Waals surface area contributed by atoms with E-state index in [-0.39, 0.29) is 48.7 Å². The molecule has 2 unspecified atom stereocenters. The molecule has 0 aliphatic carbocycles. The van der Waals surface area contributed by atoms with Crippen LogP contribution in [0, 0.1) is 0 Å². The van der Waals surface area contributed by atoms with Crippen LogP contribution in [-0.4, -0.2) is 41.9 Å². The molecule has 8 nitrogen and oxygen atoms in total. The van der Waals surface area contributed by atoms with Crippen LogP contribution >= 0.6 is 0 Å². The van der Waals surface area contributed by atoms with Gasteiger partial charge in [0.15, 0.2) is 0 Å². The van der Waals surface area contributed by atoms with Gasteiger partial charge in [0.1, 0.15) is 6.04 Å². The third-order valence-corrected chi connectivity index (χ3v) is 4.66. The van der Waals surface area contributed by atoms with Crippen LogP contribution in [0.4, 0.5) is 5.69 Å². The van der Waals surface area contributed by atoms with E-state index in [1.807, 2.05) is 13.8 Å². The number of carbonyl (C=O) groups excluding carboxylic acids is 3. The van der Waals surface area contributed by atoms with Gasteiger partial charge in [-0.3, -0.25) is 25.2 Å². The summed E-state index contributed by atoms with van der Waals surface area (Å²) in [5.41, 5.74) is 7.06. The summed E-state index contributed by atoms with van der Waals surface area (Å²) in [5.74, 6) is -0.763.